The number of benzene rings is 1. The number of nitrogens with zero attached hydrogens (tertiary/aromatic N) is 1. The van der Waals surface area contributed by atoms with Gasteiger partial charge in [0.25, 0.3) is 0 Å². The summed E-state index contributed by atoms with van der Waals surface area (Å²) in [5, 5.41) is 18.7. The van der Waals surface area contributed by atoms with E-state index in [0.29, 0.717) is 5.92 Å². The number of hydrogen-bond donors (Lipinski definition) is 3. The Hall–Kier alpha value is -2.26. The monoisotopic (exact) mass is 445 g/mol. The second-order valence-electron chi connectivity index (χ2n) is 7.44. The van der Waals surface area contributed by atoms with Crippen molar-refractivity contribution in [2.24, 2.45) is 0 Å². The normalized spacial score (nSPS) is 17.2. The maximum Gasteiger partial charge on any atom is 0.490 e. The van der Waals surface area contributed by atoms with Gasteiger partial charge in [0, 0.05) is 27.8 Å². The van der Waals surface area contributed by atoms with Gasteiger partial charge in [0.05, 0.1) is 6.20 Å². The number of aryl methyl sites for hydroxylation is 1. The van der Waals surface area contributed by atoms with E-state index in [-0.39, 0.29) is 6.10 Å². The zero-order valence-electron chi connectivity index (χ0n) is 16.4. The van der Waals surface area contributed by atoms with Crippen molar-refractivity contribution in [3.05, 3.63) is 34.6 Å². The molecule has 2 aliphatic rings. The third kappa shape index (κ3) is 5.66. The standard InChI is InChI=1S/C18H22ClN3O.C2HF3O2/c1-11-8-13(19)9-15(16-10-21-22-17(16)12-2-3-12)18(11)23-14-4-6-20-7-5-14;3-2(4,5)1(6)7/h8-10,12,14,20H,2-7H2,1H3,(H,21,22);(H,6,7). The van der Waals surface area contributed by atoms with Crippen molar-refractivity contribution < 1.29 is 27.8 Å². The number of aromatic amines is 1. The molecule has 0 radical (unpaired) electrons. The second kappa shape index (κ2) is 9.26. The highest BCUT2D eigenvalue weighted by atomic mass is 35.5. The lowest BCUT2D eigenvalue weighted by atomic mass is 10.00. The van der Waals surface area contributed by atoms with Crippen molar-refractivity contribution in [3.8, 4) is 16.9 Å². The van der Waals surface area contributed by atoms with Crippen molar-refractivity contribution in [3.63, 3.8) is 0 Å². The Kier molecular flexibility index (Phi) is 6.92. The van der Waals surface area contributed by atoms with E-state index in [4.69, 9.17) is 26.2 Å². The van der Waals surface area contributed by atoms with E-state index in [1.165, 1.54) is 18.5 Å². The fourth-order valence-electron chi connectivity index (χ4n) is 3.36. The van der Waals surface area contributed by atoms with Crippen LogP contribution in [0.3, 0.4) is 0 Å². The summed E-state index contributed by atoms with van der Waals surface area (Å²) in [6.07, 6.45) is 1.66. The highest BCUT2D eigenvalue weighted by molar-refractivity contribution is 6.31. The minimum absolute atomic E-state index is 0.270. The van der Waals surface area contributed by atoms with Crippen LogP contribution in [0.4, 0.5) is 13.2 Å². The van der Waals surface area contributed by atoms with Crippen LogP contribution in [0.1, 0.15) is 42.9 Å². The molecule has 3 N–H and O–H groups in total. The maximum atomic E-state index is 10.6. The number of halogens is 4. The number of carboxylic acids is 1. The number of carboxylic acid groups (broad SMARTS) is 1. The lowest BCUT2D eigenvalue weighted by molar-refractivity contribution is -0.192. The van der Waals surface area contributed by atoms with Gasteiger partial charge in [-0.25, -0.2) is 4.79 Å². The minimum atomic E-state index is -5.08. The summed E-state index contributed by atoms with van der Waals surface area (Å²) in [5.74, 6) is -1.18. The molecule has 2 fully saturated rings. The van der Waals surface area contributed by atoms with Crippen LogP contribution in [-0.2, 0) is 4.79 Å². The van der Waals surface area contributed by atoms with Crippen LogP contribution in [0.2, 0.25) is 5.02 Å². The molecule has 0 amide bonds. The van der Waals surface area contributed by atoms with Crippen LogP contribution in [0.15, 0.2) is 18.3 Å². The molecular formula is C20H23ClF3N3O3. The first-order valence-corrected chi connectivity index (χ1v) is 10.1. The summed E-state index contributed by atoms with van der Waals surface area (Å²) < 4.78 is 38.1. The van der Waals surface area contributed by atoms with Gasteiger partial charge in [-0.15, -0.1) is 0 Å². The Balaban J connectivity index is 0.000000318. The van der Waals surface area contributed by atoms with Gasteiger partial charge in [-0.1, -0.05) is 11.6 Å². The molecule has 2 heterocycles. The van der Waals surface area contributed by atoms with Crippen LogP contribution < -0.4 is 10.1 Å². The predicted octanol–water partition coefficient (Wildman–Crippen LogP) is 4.68. The van der Waals surface area contributed by atoms with Gasteiger partial charge in [-0.3, -0.25) is 5.10 Å². The average Bonchev–Trinajstić information content (AvgIpc) is 3.41. The number of carbonyl (C=O) groups is 1. The first kappa shape index (κ1) is 22.4. The smallest absolute Gasteiger partial charge is 0.489 e. The molecule has 1 aliphatic heterocycles. The van der Waals surface area contributed by atoms with Crippen molar-refractivity contribution >= 4 is 17.6 Å². The van der Waals surface area contributed by atoms with Gasteiger partial charge in [-0.2, -0.15) is 18.3 Å². The third-order valence-electron chi connectivity index (χ3n) is 5.00. The second-order valence-corrected chi connectivity index (χ2v) is 7.88. The molecule has 1 saturated heterocycles. The van der Waals surface area contributed by atoms with Crippen molar-refractivity contribution in [2.75, 3.05) is 13.1 Å². The summed E-state index contributed by atoms with van der Waals surface area (Å²) in [4.78, 5) is 8.90. The van der Waals surface area contributed by atoms with E-state index >= 15 is 0 Å². The van der Waals surface area contributed by atoms with E-state index in [1.54, 1.807) is 0 Å². The third-order valence-corrected chi connectivity index (χ3v) is 5.22. The van der Waals surface area contributed by atoms with Crippen LogP contribution in [0, 0.1) is 6.92 Å². The highest BCUT2D eigenvalue weighted by Crippen LogP contribution is 2.46. The maximum absolute atomic E-state index is 10.6. The van der Waals surface area contributed by atoms with Crippen LogP contribution in [0.25, 0.3) is 11.1 Å². The van der Waals surface area contributed by atoms with Gasteiger partial charge in [-0.05, 0) is 63.4 Å². The predicted molar refractivity (Wildman–Crippen MR) is 106 cm³/mol. The quantitative estimate of drug-likeness (QED) is 0.636. The summed E-state index contributed by atoms with van der Waals surface area (Å²) >= 11 is 6.33. The number of aliphatic carboxylic acids is 1. The fraction of sp³-hybridized carbons (Fsp3) is 0.500. The lowest BCUT2D eigenvalue weighted by Gasteiger charge is -2.26. The summed E-state index contributed by atoms with van der Waals surface area (Å²) in [7, 11) is 0. The first-order valence-electron chi connectivity index (χ1n) is 9.68. The molecular weight excluding hydrogens is 423 g/mol. The lowest BCUT2D eigenvalue weighted by Crippen LogP contribution is -2.34. The highest BCUT2D eigenvalue weighted by Gasteiger charge is 2.38. The Morgan fingerprint density at radius 2 is 1.83 bits per heavy atom. The van der Waals surface area contributed by atoms with Gasteiger partial charge in [0.2, 0.25) is 0 Å². The zero-order valence-corrected chi connectivity index (χ0v) is 17.1. The molecule has 0 bridgehead atoms. The van der Waals surface area contributed by atoms with Crippen LogP contribution in [0.5, 0.6) is 5.75 Å². The van der Waals surface area contributed by atoms with Gasteiger partial charge in [0.15, 0.2) is 0 Å². The number of nitrogens with one attached hydrogen (secondary N) is 2. The Bertz CT molecular complexity index is 891. The number of rotatable bonds is 4. The molecule has 6 nitrogen and oxygen atoms in total. The largest absolute Gasteiger partial charge is 0.490 e. The summed E-state index contributed by atoms with van der Waals surface area (Å²) in [6.45, 7) is 4.11. The molecule has 0 spiro atoms. The van der Waals surface area contributed by atoms with Crippen LogP contribution in [-0.4, -0.2) is 46.6 Å². The van der Waals surface area contributed by atoms with E-state index in [2.05, 4.69) is 22.4 Å². The number of alkyl halides is 3. The minimum Gasteiger partial charge on any atom is -0.489 e. The molecule has 0 unspecified atom stereocenters. The number of aromatic nitrogens is 2. The topological polar surface area (TPSA) is 87.2 Å². The molecule has 1 aliphatic carbocycles. The fourth-order valence-corrected chi connectivity index (χ4v) is 3.63. The summed E-state index contributed by atoms with van der Waals surface area (Å²) in [5.41, 5.74) is 4.53. The molecule has 30 heavy (non-hydrogen) atoms. The van der Waals surface area contributed by atoms with Crippen molar-refractivity contribution in [2.45, 2.75) is 50.8 Å². The first-order chi connectivity index (χ1) is 14.2. The molecule has 4 rings (SSSR count). The Morgan fingerprint density at radius 3 is 2.40 bits per heavy atom. The number of piperidine rings is 1. The molecule has 164 valence electrons. The Morgan fingerprint density at radius 1 is 1.20 bits per heavy atom. The van der Waals surface area contributed by atoms with Crippen LogP contribution >= 0.6 is 11.6 Å². The average molecular weight is 446 g/mol. The van der Waals surface area contributed by atoms with Crippen molar-refractivity contribution in [1.82, 2.24) is 15.5 Å². The zero-order chi connectivity index (χ0) is 21.9. The van der Waals surface area contributed by atoms with Gasteiger partial charge >= 0.3 is 12.1 Å². The molecule has 2 aromatic rings. The van der Waals surface area contributed by atoms with E-state index < -0.39 is 12.1 Å². The van der Waals surface area contributed by atoms with Crippen molar-refractivity contribution in [1.29, 1.82) is 0 Å². The SMILES string of the molecule is Cc1cc(Cl)cc(-c2cn[nH]c2C2CC2)c1OC1CCNCC1.O=C(O)C(F)(F)F. The van der Waals surface area contributed by atoms with Gasteiger partial charge < -0.3 is 15.2 Å². The summed E-state index contributed by atoms with van der Waals surface area (Å²) in [6, 6.07) is 4.00. The molecule has 1 aromatic heterocycles. The van der Waals surface area contributed by atoms with Gasteiger partial charge in [0.1, 0.15) is 11.9 Å². The molecule has 1 saturated carbocycles. The van der Waals surface area contributed by atoms with E-state index in [0.717, 1.165) is 53.4 Å². The van der Waals surface area contributed by atoms with E-state index in [9.17, 15) is 13.2 Å². The molecule has 1 aromatic carbocycles. The number of ether oxygens (including phenoxy) is 1. The molecule has 0 atom stereocenters. The number of hydrogen-bond acceptors (Lipinski definition) is 4. The molecule has 10 heteroatoms. The van der Waals surface area contributed by atoms with E-state index in [1.807, 2.05) is 18.3 Å². The Labute approximate surface area is 176 Å². The number of H-pyrrole nitrogens is 1.